The molecular weight excluding hydrogens is 310 g/mol. The van der Waals surface area contributed by atoms with Crippen LogP contribution in [0.5, 0.6) is 11.5 Å². The molecule has 7 heteroatoms. The van der Waals surface area contributed by atoms with Gasteiger partial charge in [0.25, 0.3) is 0 Å². The highest BCUT2D eigenvalue weighted by Gasteiger charge is 2.25. The van der Waals surface area contributed by atoms with E-state index in [0.29, 0.717) is 38.4 Å². The van der Waals surface area contributed by atoms with Crippen molar-refractivity contribution >= 4 is 11.9 Å². The molecule has 0 radical (unpaired) electrons. The van der Waals surface area contributed by atoms with E-state index in [1.807, 2.05) is 24.3 Å². The van der Waals surface area contributed by atoms with E-state index in [1.165, 1.54) is 0 Å². The number of nitrogens with two attached hydrogens (primary N) is 1. The van der Waals surface area contributed by atoms with Crippen molar-refractivity contribution in [2.24, 2.45) is 11.7 Å². The van der Waals surface area contributed by atoms with Crippen LogP contribution in [-0.4, -0.2) is 49.2 Å². The first-order valence-corrected chi connectivity index (χ1v) is 8.31. The fourth-order valence-corrected chi connectivity index (χ4v) is 3.10. The minimum atomic E-state index is -0.271. The Balaban J connectivity index is 1.41. The van der Waals surface area contributed by atoms with Crippen molar-refractivity contribution < 1.29 is 19.1 Å². The first-order valence-electron chi connectivity index (χ1n) is 8.31. The largest absolute Gasteiger partial charge is 0.486 e. The molecule has 130 valence electrons. The third kappa shape index (κ3) is 4.10. The van der Waals surface area contributed by atoms with Gasteiger partial charge in [0.1, 0.15) is 6.61 Å². The van der Waals surface area contributed by atoms with E-state index in [-0.39, 0.29) is 24.0 Å². The van der Waals surface area contributed by atoms with Gasteiger partial charge in [0.2, 0.25) is 5.91 Å². The first-order chi connectivity index (χ1) is 11.6. The molecule has 24 heavy (non-hydrogen) atoms. The van der Waals surface area contributed by atoms with E-state index in [0.717, 1.165) is 18.6 Å². The number of carbonyl (C=O) groups is 2. The summed E-state index contributed by atoms with van der Waals surface area (Å²) in [4.78, 5) is 25.0. The van der Waals surface area contributed by atoms with Gasteiger partial charge in [-0.25, -0.2) is 4.79 Å². The molecule has 3 amide bonds. The number of piperidine rings is 1. The summed E-state index contributed by atoms with van der Waals surface area (Å²) < 4.78 is 11.5. The number of primary amides is 1. The molecule has 0 spiro atoms. The molecule has 1 aromatic carbocycles. The number of benzene rings is 1. The molecule has 1 aromatic rings. The Morgan fingerprint density at radius 3 is 2.62 bits per heavy atom. The predicted molar refractivity (Wildman–Crippen MR) is 87.9 cm³/mol. The third-order valence-electron chi connectivity index (χ3n) is 4.44. The number of rotatable bonds is 4. The van der Waals surface area contributed by atoms with Crippen LogP contribution in [0.1, 0.15) is 19.3 Å². The summed E-state index contributed by atoms with van der Waals surface area (Å²) in [7, 11) is 0. The van der Waals surface area contributed by atoms with Gasteiger partial charge in [0.15, 0.2) is 17.6 Å². The second kappa shape index (κ2) is 7.42. The van der Waals surface area contributed by atoms with E-state index >= 15 is 0 Å². The molecule has 1 unspecified atom stereocenters. The molecule has 2 aliphatic heterocycles. The second-order valence-corrected chi connectivity index (χ2v) is 6.28. The zero-order valence-corrected chi connectivity index (χ0v) is 13.6. The number of hydrogen-bond donors (Lipinski definition) is 2. The number of carbonyl (C=O) groups excluding carboxylic acids is 2. The van der Waals surface area contributed by atoms with Crippen molar-refractivity contribution in [2.45, 2.75) is 25.4 Å². The minimum Gasteiger partial charge on any atom is -0.486 e. The SMILES string of the molecule is NC(=O)CC1CCN(C(=O)NCC2COc3ccccc3O2)CC1. The van der Waals surface area contributed by atoms with Crippen LogP contribution in [0.3, 0.4) is 0 Å². The van der Waals surface area contributed by atoms with Crippen LogP contribution in [0.25, 0.3) is 0 Å². The average Bonchev–Trinajstić information content (AvgIpc) is 2.59. The summed E-state index contributed by atoms with van der Waals surface area (Å²) >= 11 is 0. The summed E-state index contributed by atoms with van der Waals surface area (Å²) in [5.41, 5.74) is 5.22. The first kappa shape index (κ1) is 16.4. The van der Waals surface area contributed by atoms with E-state index in [4.69, 9.17) is 15.2 Å². The number of nitrogens with one attached hydrogen (secondary N) is 1. The molecule has 2 heterocycles. The van der Waals surface area contributed by atoms with Gasteiger partial charge in [-0.05, 0) is 30.9 Å². The number of amides is 3. The van der Waals surface area contributed by atoms with Gasteiger partial charge >= 0.3 is 6.03 Å². The minimum absolute atomic E-state index is 0.102. The number of hydrogen-bond acceptors (Lipinski definition) is 4. The summed E-state index contributed by atoms with van der Waals surface area (Å²) in [6, 6.07) is 7.40. The number of urea groups is 1. The van der Waals surface area contributed by atoms with Gasteiger partial charge in [-0.2, -0.15) is 0 Å². The van der Waals surface area contributed by atoms with Crippen LogP contribution in [-0.2, 0) is 4.79 Å². The molecule has 2 aliphatic rings. The fourth-order valence-electron chi connectivity index (χ4n) is 3.10. The smallest absolute Gasteiger partial charge is 0.317 e. The Morgan fingerprint density at radius 1 is 1.21 bits per heavy atom. The monoisotopic (exact) mass is 333 g/mol. The van der Waals surface area contributed by atoms with Crippen molar-refractivity contribution in [3.05, 3.63) is 24.3 Å². The van der Waals surface area contributed by atoms with Crippen molar-refractivity contribution in [1.82, 2.24) is 10.2 Å². The zero-order chi connectivity index (χ0) is 16.9. The highest BCUT2D eigenvalue weighted by atomic mass is 16.6. The molecule has 1 saturated heterocycles. The van der Waals surface area contributed by atoms with Crippen LogP contribution in [0.2, 0.25) is 0 Å². The molecule has 0 saturated carbocycles. The van der Waals surface area contributed by atoms with Crippen LogP contribution >= 0.6 is 0 Å². The number of likely N-dealkylation sites (tertiary alicyclic amines) is 1. The Labute approximate surface area is 141 Å². The molecule has 7 nitrogen and oxygen atoms in total. The van der Waals surface area contributed by atoms with Crippen molar-refractivity contribution in [3.63, 3.8) is 0 Å². The molecule has 1 atom stereocenters. The van der Waals surface area contributed by atoms with E-state index in [1.54, 1.807) is 4.90 Å². The number of para-hydroxylation sites is 2. The maximum Gasteiger partial charge on any atom is 0.317 e. The summed E-state index contributed by atoms with van der Waals surface area (Å²) in [6.45, 7) is 2.11. The Kier molecular flexibility index (Phi) is 5.08. The maximum absolute atomic E-state index is 12.2. The molecular formula is C17H23N3O4. The van der Waals surface area contributed by atoms with Crippen LogP contribution in [0.4, 0.5) is 4.79 Å². The maximum atomic E-state index is 12.2. The highest BCUT2D eigenvalue weighted by molar-refractivity contribution is 5.75. The lowest BCUT2D eigenvalue weighted by atomic mass is 9.93. The number of nitrogens with zero attached hydrogens (tertiary/aromatic N) is 1. The fraction of sp³-hybridized carbons (Fsp3) is 0.529. The van der Waals surface area contributed by atoms with Crippen LogP contribution < -0.4 is 20.5 Å². The predicted octanol–water partition coefficient (Wildman–Crippen LogP) is 1.12. The van der Waals surface area contributed by atoms with Crippen LogP contribution in [0.15, 0.2) is 24.3 Å². The van der Waals surface area contributed by atoms with Gasteiger partial charge < -0.3 is 25.4 Å². The lowest BCUT2D eigenvalue weighted by Crippen LogP contribution is -2.48. The van der Waals surface area contributed by atoms with Crippen molar-refractivity contribution in [2.75, 3.05) is 26.2 Å². The van der Waals surface area contributed by atoms with Gasteiger partial charge in [-0.15, -0.1) is 0 Å². The molecule has 3 N–H and O–H groups in total. The van der Waals surface area contributed by atoms with Gasteiger partial charge in [-0.1, -0.05) is 12.1 Å². The highest BCUT2D eigenvalue weighted by Crippen LogP contribution is 2.30. The molecule has 1 fully saturated rings. The zero-order valence-electron chi connectivity index (χ0n) is 13.6. The molecule has 3 rings (SSSR count). The van der Waals surface area contributed by atoms with E-state index in [2.05, 4.69) is 5.32 Å². The Bertz CT molecular complexity index is 599. The molecule has 0 bridgehead atoms. The molecule has 0 aromatic heterocycles. The van der Waals surface area contributed by atoms with Gasteiger partial charge in [0, 0.05) is 19.5 Å². The topological polar surface area (TPSA) is 93.9 Å². The quantitative estimate of drug-likeness (QED) is 0.863. The summed E-state index contributed by atoms with van der Waals surface area (Å²) in [5.74, 6) is 1.46. The normalized spacial score (nSPS) is 20.5. The van der Waals surface area contributed by atoms with E-state index in [9.17, 15) is 9.59 Å². The number of ether oxygens (including phenoxy) is 2. The van der Waals surface area contributed by atoms with E-state index < -0.39 is 0 Å². The summed E-state index contributed by atoms with van der Waals surface area (Å²) in [5, 5.41) is 2.90. The Morgan fingerprint density at radius 2 is 1.92 bits per heavy atom. The third-order valence-corrected chi connectivity index (χ3v) is 4.44. The standard InChI is InChI=1S/C17H23N3O4/c18-16(21)9-12-5-7-20(8-6-12)17(22)19-10-13-11-23-14-3-1-2-4-15(14)24-13/h1-4,12-13H,5-11H2,(H2,18,21)(H,19,22). The second-order valence-electron chi connectivity index (χ2n) is 6.28. The average molecular weight is 333 g/mol. The van der Waals surface area contributed by atoms with Crippen LogP contribution in [0, 0.1) is 5.92 Å². The van der Waals surface area contributed by atoms with Crippen molar-refractivity contribution in [3.8, 4) is 11.5 Å². The lowest BCUT2D eigenvalue weighted by Gasteiger charge is -2.32. The number of fused-ring (bicyclic) bond motifs is 1. The van der Waals surface area contributed by atoms with Gasteiger partial charge in [-0.3, -0.25) is 4.79 Å². The van der Waals surface area contributed by atoms with Gasteiger partial charge in [0.05, 0.1) is 6.54 Å². The Hall–Kier alpha value is -2.44. The van der Waals surface area contributed by atoms with Crippen molar-refractivity contribution in [1.29, 1.82) is 0 Å². The summed E-state index contributed by atoms with van der Waals surface area (Å²) in [6.07, 6.45) is 1.83. The molecule has 0 aliphatic carbocycles. The lowest BCUT2D eigenvalue weighted by molar-refractivity contribution is -0.119.